The Labute approximate surface area is 140 Å². The minimum atomic E-state index is 0.0817. The van der Waals surface area contributed by atoms with Crippen molar-refractivity contribution in [1.29, 1.82) is 0 Å². The van der Waals surface area contributed by atoms with E-state index in [1.54, 1.807) is 4.90 Å². The number of hydrogen-bond donors (Lipinski definition) is 0. The summed E-state index contributed by atoms with van der Waals surface area (Å²) in [6.07, 6.45) is 0.370. The number of carbonyl (C=O) groups excluding carboxylic acids is 1. The van der Waals surface area contributed by atoms with Crippen LogP contribution in [0.2, 0.25) is 0 Å². The largest absolute Gasteiger partial charge is 0.493 e. The molecule has 1 amide bonds. The quantitative estimate of drug-likeness (QED) is 0.771. The minimum absolute atomic E-state index is 0.0817. The van der Waals surface area contributed by atoms with Crippen molar-refractivity contribution in [1.82, 2.24) is 4.90 Å². The highest BCUT2D eigenvalue weighted by atomic mass is 79.9. The Hall–Kier alpha value is -1.81. The van der Waals surface area contributed by atoms with Crippen LogP contribution in [0.25, 0.3) is 0 Å². The number of rotatable bonds is 6. The molecule has 2 aromatic rings. The summed E-state index contributed by atoms with van der Waals surface area (Å²) in [5, 5.41) is 0. The normalized spacial score (nSPS) is 10.3. The molecule has 2 aromatic carbocycles. The second-order valence-corrected chi connectivity index (χ2v) is 6.15. The Bertz CT molecular complexity index is 642. The Morgan fingerprint density at radius 2 is 1.95 bits per heavy atom. The van der Waals surface area contributed by atoms with Crippen molar-refractivity contribution >= 4 is 21.8 Å². The number of ether oxygens (including phenoxy) is 1. The maximum atomic E-state index is 12.2. The molecular weight excluding hydrogens is 342 g/mol. The number of halogens is 1. The van der Waals surface area contributed by atoms with Crippen molar-refractivity contribution in [2.24, 2.45) is 0 Å². The summed E-state index contributed by atoms with van der Waals surface area (Å²) in [6.45, 7) is 3.07. The van der Waals surface area contributed by atoms with E-state index in [0.29, 0.717) is 19.6 Å². The smallest absolute Gasteiger partial charge is 0.226 e. The van der Waals surface area contributed by atoms with E-state index < -0.39 is 0 Å². The summed E-state index contributed by atoms with van der Waals surface area (Å²) < 4.78 is 6.57. The van der Waals surface area contributed by atoms with Crippen LogP contribution in [0.4, 0.5) is 0 Å². The summed E-state index contributed by atoms with van der Waals surface area (Å²) in [7, 11) is 1.83. The van der Waals surface area contributed by atoms with Crippen molar-refractivity contribution in [2.75, 3.05) is 13.7 Å². The number of nitrogens with zero attached hydrogens (tertiary/aromatic N) is 1. The van der Waals surface area contributed by atoms with Gasteiger partial charge in [0, 0.05) is 18.1 Å². The van der Waals surface area contributed by atoms with E-state index in [9.17, 15) is 4.79 Å². The van der Waals surface area contributed by atoms with Crippen LogP contribution in [0.5, 0.6) is 5.75 Å². The summed E-state index contributed by atoms with van der Waals surface area (Å²) in [6, 6.07) is 15.7. The summed E-state index contributed by atoms with van der Waals surface area (Å²) >= 11 is 3.39. The predicted octanol–water partition coefficient (Wildman–Crippen LogP) is 4.19. The molecule has 4 heteroatoms. The fraction of sp³-hybridized carbons (Fsp3) is 0.278. The van der Waals surface area contributed by atoms with Gasteiger partial charge in [-0.1, -0.05) is 46.3 Å². The zero-order valence-corrected chi connectivity index (χ0v) is 14.5. The molecule has 2 rings (SSSR count). The maximum Gasteiger partial charge on any atom is 0.226 e. The summed E-state index contributed by atoms with van der Waals surface area (Å²) in [5.41, 5.74) is 2.37. The first kappa shape index (κ1) is 16.6. The van der Waals surface area contributed by atoms with Crippen LogP contribution < -0.4 is 4.74 Å². The van der Waals surface area contributed by atoms with E-state index in [-0.39, 0.29) is 5.91 Å². The van der Waals surface area contributed by atoms with Gasteiger partial charge in [-0.05, 0) is 36.2 Å². The lowest BCUT2D eigenvalue weighted by Gasteiger charge is -2.18. The molecule has 0 fully saturated rings. The van der Waals surface area contributed by atoms with Gasteiger partial charge in [0.25, 0.3) is 0 Å². The Morgan fingerprint density at radius 1 is 1.18 bits per heavy atom. The molecule has 0 saturated carbocycles. The second kappa shape index (κ2) is 7.99. The third kappa shape index (κ3) is 4.88. The Kier molecular flexibility index (Phi) is 6.01. The van der Waals surface area contributed by atoms with Crippen molar-refractivity contribution < 1.29 is 9.53 Å². The van der Waals surface area contributed by atoms with Crippen LogP contribution in [-0.4, -0.2) is 24.5 Å². The highest BCUT2D eigenvalue weighted by Gasteiger charge is 2.10. The lowest BCUT2D eigenvalue weighted by atomic mass is 10.1. The van der Waals surface area contributed by atoms with E-state index in [1.165, 1.54) is 11.1 Å². The van der Waals surface area contributed by atoms with Crippen LogP contribution >= 0.6 is 15.9 Å². The lowest BCUT2D eigenvalue weighted by molar-refractivity contribution is -0.130. The standard InChI is InChI=1S/C18H20BrNO2/c1-14-6-3-4-7-15(14)13-20(2)18(21)10-11-22-17-9-5-8-16(19)12-17/h3-9,12H,10-11,13H2,1-2H3. The van der Waals surface area contributed by atoms with Gasteiger partial charge in [-0.15, -0.1) is 0 Å². The maximum absolute atomic E-state index is 12.2. The minimum Gasteiger partial charge on any atom is -0.493 e. The number of aryl methyl sites for hydroxylation is 1. The number of amides is 1. The van der Waals surface area contributed by atoms with Crippen LogP contribution in [0, 0.1) is 6.92 Å². The highest BCUT2D eigenvalue weighted by molar-refractivity contribution is 9.10. The Morgan fingerprint density at radius 3 is 2.68 bits per heavy atom. The van der Waals surface area contributed by atoms with Gasteiger partial charge in [-0.3, -0.25) is 4.79 Å². The molecule has 0 aromatic heterocycles. The molecule has 0 heterocycles. The van der Waals surface area contributed by atoms with Gasteiger partial charge in [0.15, 0.2) is 0 Å². The number of carbonyl (C=O) groups is 1. The van der Waals surface area contributed by atoms with Crippen LogP contribution in [-0.2, 0) is 11.3 Å². The van der Waals surface area contributed by atoms with Gasteiger partial charge < -0.3 is 9.64 Å². The average molecular weight is 362 g/mol. The van der Waals surface area contributed by atoms with Crippen molar-refractivity contribution in [3.05, 3.63) is 64.1 Å². The molecule has 0 bridgehead atoms. The fourth-order valence-electron chi connectivity index (χ4n) is 2.14. The van der Waals surface area contributed by atoms with Crippen molar-refractivity contribution in [3.8, 4) is 5.75 Å². The topological polar surface area (TPSA) is 29.5 Å². The second-order valence-electron chi connectivity index (χ2n) is 5.23. The molecule has 3 nitrogen and oxygen atoms in total. The van der Waals surface area contributed by atoms with E-state index in [1.807, 2.05) is 43.4 Å². The number of hydrogen-bond acceptors (Lipinski definition) is 2. The molecule has 0 atom stereocenters. The summed E-state index contributed by atoms with van der Waals surface area (Å²) in [5.74, 6) is 0.849. The van der Waals surface area contributed by atoms with Gasteiger partial charge in [-0.25, -0.2) is 0 Å². The molecule has 0 saturated heterocycles. The molecule has 116 valence electrons. The van der Waals surface area contributed by atoms with E-state index in [2.05, 4.69) is 35.0 Å². The average Bonchev–Trinajstić information content (AvgIpc) is 2.49. The van der Waals surface area contributed by atoms with Gasteiger partial charge >= 0.3 is 0 Å². The first-order valence-corrected chi connectivity index (χ1v) is 8.02. The molecule has 22 heavy (non-hydrogen) atoms. The molecule has 0 aliphatic carbocycles. The van der Waals surface area contributed by atoms with E-state index in [4.69, 9.17) is 4.74 Å². The molecule has 0 radical (unpaired) electrons. The van der Waals surface area contributed by atoms with Crippen molar-refractivity contribution in [3.63, 3.8) is 0 Å². The molecule has 0 aliphatic heterocycles. The predicted molar refractivity (Wildman–Crippen MR) is 91.9 cm³/mol. The first-order valence-electron chi connectivity index (χ1n) is 7.23. The molecule has 0 N–H and O–H groups in total. The molecule has 0 unspecified atom stereocenters. The van der Waals surface area contributed by atoms with E-state index >= 15 is 0 Å². The van der Waals surface area contributed by atoms with Crippen LogP contribution in [0.3, 0.4) is 0 Å². The Balaban J connectivity index is 1.80. The molecule has 0 aliphatic rings. The van der Waals surface area contributed by atoms with Crippen molar-refractivity contribution in [2.45, 2.75) is 19.9 Å². The van der Waals surface area contributed by atoms with Gasteiger partial charge in [0.05, 0.1) is 13.0 Å². The number of benzene rings is 2. The van der Waals surface area contributed by atoms with E-state index in [0.717, 1.165) is 10.2 Å². The zero-order valence-electron chi connectivity index (χ0n) is 12.9. The lowest BCUT2D eigenvalue weighted by Crippen LogP contribution is -2.27. The summed E-state index contributed by atoms with van der Waals surface area (Å²) in [4.78, 5) is 13.9. The third-order valence-corrected chi connectivity index (χ3v) is 3.97. The van der Waals surface area contributed by atoms with Gasteiger partial charge in [-0.2, -0.15) is 0 Å². The molecular formula is C18H20BrNO2. The first-order chi connectivity index (χ1) is 10.6. The SMILES string of the molecule is Cc1ccccc1CN(C)C(=O)CCOc1cccc(Br)c1. The highest BCUT2D eigenvalue weighted by Crippen LogP contribution is 2.18. The molecule has 0 spiro atoms. The monoisotopic (exact) mass is 361 g/mol. The third-order valence-electron chi connectivity index (χ3n) is 3.48. The zero-order chi connectivity index (χ0) is 15.9. The van der Waals surface area contributed by atoms with Gasteiger partial charge in [0.2, 0.25) is 5.91 Å². The van der Waals surface area contributed by atoms with Crippen LogP contribution in [0.1, 0.15) is 17.5 Å². The van der Waals surface area contributed by atoms with Crippen LogP contribution in [0.15, 0.2) is 53.0 Å². The fourth-order valence-corrected chi connectivity index (χ4v) is 2.51. The van der Waals surface area contributed by atoms with Gasteiger partial charge in [0.1, 0.15) is 5.75 Å².